The first kappa shape index (κ1) is 23.1. The van der Waals surface area contributed by atoms with Crippen LogP contribution in [0.5, 0.6) is 5.75 Å². The highest BCUT2D eigenvalue weighted by atomic mass is 79.9. The monoisotopic (exact) mass is 573 g/mol. The van der Waals surface area contributed by atoms with Crippen LogP contribution in [0.4, 0.5) is 4.79 Å². The summed E-state index contributed by atoms with van der Waals surface area (Å²) < 4.78 is 16.0. The molecule has 2 aromatic rings. The molecule has 1 fully saturated rings. The predicted octanol–water partition coefficient (Wildman–Crippen LogP) is 4.29. The van der Waals surface area contributed by atoms with Gasteiger partial charge in [-0.05, 0) is 79.5 Å². The lowest BCUT2D eigenvalue weighted by Crippen LogP contribution is -2.27. The molecule has 162 valence electrons. The zero-order valence-electron chi connectivity index (χ0n) is 15.7. The van der Waals surface area contributed by atoms with Crippen molar-refractivity contribution >= 4 is 72.8 Å². The van der Waals surface area contributed by atoms with Crippen LogP contribution in [0.2, 0.25) is 0 Å². The van der Waals surface area contributed by atoms with Gasteiger partial charge in [-0.1, -0.05) is 0 Å². The maximum Gasteiger partial charge on any atom is 0.373 e. The second-order valence-electron chi connectivity index (χ2n) is 6.02. The largest absolute Gasteiger partial charge is 0.480 e. The summed E-state index contributed by atoms with van der Waals surface area (Å²) in [6, 6.07) is 6.15. The number of imide groups is 1. The van der Waals surface area contributed by atoms with Crippen LogP contribution in [0, 0.1) is 0 Å². The van der Waals surface area contributed by atoms with E-state index in [-0.39, 0.29) is 23.0 Å². The fourth-order valence-corrected chi connectivity index (χ4v) is 4.84. The van der Waals surface area contributed by atoms with Crippen molar-refractivity contribution in [2.24, 2.45) is 0 Å². The molecule has 1 N–H and O–H groups in total. The molecule has 0 saturated carbocycles. The number of carbonyl (C=O) groups excluding carboxylic acids is 3. The summed E-state index contributed by atoms with van der Waals surface area (Å²) in [6.45, 7) is -0.645. The number of carboxylic acid groups (broad SMARTS) is 1. The number of thioether (sulfide) groups is 1. The Kier molecular flexibility index (Phi) is 7.23. The van der Waals surface area contributed by atoms with Crippen LogP contribution in [0.1, 0.15) is 21.9 Å². The fraction of sp³-hybridized carbons (Fsp3) is 0.158. The van der Waals surface area contributed by atoms with Crippen LogP contribution in [0.15, 0.2) is 42.5 Å². The summed E-state index contributed by atoms with van der Waals surface area (Å²) in [5.74, 6) is -1.76. The number of halogens is 2. The second kappa shape index (κ2) is 9.71. The Morgan fingerprint density at radius 3 is 2.52 bits per heavy atom. The SMILES string of the molecule is COC(=O)c1ccc(CN2C(=O)S/C(=C/c3cc(Br)c(OCC(=O)O)c(Br)c3)C2=O)o1. The summed E-state index contributed by atoms with van der Waals surface area (Å²) in [5.41, 5.74) is 0.581. The maximum absolute atomic E-state index is 12.7. The van der Waals surface area contributed by atoms with Crippen LogP contribution < -0.4 is 4.74 Å². The molecule has 1 aliphatic rings. The van der Waals surface area contributed by atoms with Gasteiger partial charge in [0, 0.05) is 0 Å². The van der Waals surface area contributed by atoms with E-state index in [1.54, 1.807) is 12.1 Å². The van der Waals surface area contributed by atoms with Crippen molar-refractivity contribution in [2.75, 3.05) is 13.7 Å². The van der Waals surface area contributed by atoms with Crippen molar-refractivity contribution in [3.63, 3.8) is 0 Å². The highest BCUT2D eigenvalue weighted by Crippen LogP contribution is 2.38. The third-order valence-corrected chi connectivity index (χ3v) is 5.98. The Bertz CT molecular complexity index is 1090. The zero-order chi connectivity index (χ0) is 22.7. The number of rotatable bonds is 7. The van der Waals surface area contributed by atoms with Gasteiger partial charge in [-0.3, -0.25) is 14.5 Å². The lowest BCUT2D eigenvalue weighted by Gasteiger charge is -2.10. The number of nitrogens with zero attached hydrogens (tertiary/aromatic N) is 1. The van der Waals surface area contributed by atoms with E-state index in [0.717, 1.165) is 16.7 Å². The van der Waals surface area contributed by atoms with Gasteiger partial charge in [0.05, 0.1) is 27.5 Å². The molecule has 0 unspecified atom stereocenters. The Morgan fingerprint density at radius 1 is 1.23 bits per heavy atom. The van der Waals surface area contributed by atoms with E-state index in [1.165, 1.54) is 25.3 Å². The number of benzene rings is 1. The van der Waals surface area contributed by atoms with Gasteiger partial charge in [-0.15, -0.1) is 0 Å². The molecule has 9 nitrogen and oxygen atoms in total. The molecule has 1 aromatic carbocycles. The third-order valence-electron chi connectivity index (χ3n) is 3.89. The quantitative estimate of drug-likeness (QED) is 0.381. The van der Waals surface area contributed by atoms with Gasteiger partial charge in [-0.2, -0.15) is 0 Å². The number of amides is 2. The molecule has 1 aromatic heterocycles. The van der Waals surface area contributed by atoms with Gasteiger partial charge >= 0.3 is 11.9 Å². The Morgan fingerprint density at radius 2 is 1.90 bits per heavy atom. The minimum absolute atomic E-state index is 0.0279. The number of aliphatic carboxylic acids is 1. The molecule has 2 heterocycles. The molecule has 0 aliphatic carbocycles. The van der Waals surface area contributed by atoms with Crippen LogP contribution in [0.3, 0.4) is 0 Å². The second-order valence-corrected chi connectivity index (χ2v) is 8.72. The average molecular weight is 575 g/mol. The van der Waals surface area contributed by atoms with Crippen molar-refractivity contribution < 1.29 is 38.2 Å². The summed E-state index contributed by atoms with van der Waals surface area (Å²) in [5, 5.41) is 8.28. The van der Waals surface area contributed by atoms with E-state index in [4.69, 9.17) is 14.3 Å². The summed E-state index contributed by atoms with van der Waals surface area (Å²) >= 11 is 7.38. The first-order valence-electron chi connectivity index (χ1n) is 8.45. The molecule has 0 bridgehead atoms. The first-order valence-corrected chi connectivity index (χ1v) is 10.9. The standard InChI is InChI=1S/C19H13Br2NO8S/c1-28-18(26)13-3-2-10(30-13)7-22-17(25)14(31-19(22)27)6-9-4-11(20)16(12(21)5-9)29-8-15(23)24/h2-6H,7-8H2,1H3,(H,23,24)/b14-6+. The van der Waals surface area contributed by atoms with E-state index in [1.807, 2.05) is 0 Å². The molecule has 3 rings (SSSR count). The lowest BCUT2D eigenvalue weighted by atomic mass is 10.2. The Hall–Kier alpha value is -2.57. The van der Waals surface area contributed by atoms with Crippen LogP contribution in [-0.4, -0.2) is 46.8 Å². The van der Waals surface area contributed by atoms with Crippen LogP contribution >= 0.6 is 43.6 Å². The Labute approximate surface area is 196 Å². The van der Waals surface area contributed by atoms with E-state index in [2.05, 4.69) is 36.6 Å². The third kappa shape index (κ3) is 5.38. The normalized spacial score (nSPS) is 14.9. The smallest absolute Gasteiger partial charge is 0.373 e. The van der Waals surface area contributed by atoms with Crippen LogP contribution in [0.25, 0.3) is 6.08 Å². The number of hydrogen-bond donors (Lipinski definition) is 1. The van der Waals surface area contributed by atoms with Gasteiger partial charge < -0.3 is 19.0 Å². The minimum Gasteiger partial charge on any atom is -0.480 e. The van der Waals surface area contributed by atoms with Gasteiger partial charge in [0.2, 0.25) is 5.76 Å². The van der Waals surface area contributed by atoms with E-state index >= 15 is 0 Å². The van der Waals surface area contributed by atoms with Crippen LogP contribution in [-0.2, 0) is 20.9 Å². The average Bonchev–Trinajstić information content (AvgIpc) is 3.27. The number of carboxylic acids is 1. The van der Waals surface area contributed by atoms with Crippen molar-refractivity contribution in [3.8, 4) is 5.75 Å². The molecule has 1 saturated heterocycles. The number of methoxy groups -OCH3 is 1. The van der Waals surface area contributed by atoms with Crippen molar-refractivity contribution in [1.29, 1.82) is 0 Å². The molecule has 0 atom stereocenters. The predicted molar refractivity (Wildman–Crippen MR) is 117 cm³/mol. The van der Waals surface area contributed by atoms with Crippen molar-refractivity contribution in [2.45, 2.75) is 6.54 Å². The molecule has 0 radical (unpaired) electrons. The first-order chi connectivity index (χ1) is 14.7. The van der Waals surface area contributed by atoms with E-state index in [0.29, 0.717) is 20.3 Å². The number of ether oxygens (including phenoxy) is 2. The van der Waals surface area contributed by atoms with Gasteiger partial charge in [0.15, 0.2) is 6.61 Å². The molecule has 2 amide bonds. The molecular formula is C19H13Br2NO8S. The van der Waals surface area contributed by atoms with Gasteiger partial charge in [0.25, 0.3) is 11.1 Å². The molecular weight excluding hydrogens is 562 g/mol. The summed E-state index contributed by atoms with van der Waals surface area (Å²) in [7, 11) is 1.22. The van der Waals surface area contributed by atoms with Gasteiger partial charge in [-0.25, -0.2) is 9.59 Å². The number of furan rings is 1. The zero-order valence-corrected chi connectivity index (χ0v) is 19.7. The number of carbonyl (C=O) groups is 4. The number of esters is 1. The highest BCUT2D eigenvalue weighted by Gasteiger charge is 2.36. The van der Waals surface area contributed by atoms with Gasteiger partial charge in [0.1, 0.15) is 11.5 Å². The lowest BCUT2D eigenvalue weighted by molar-refractivity contribution is -0.139. The van der Waals surface area contributed by atoms with E-state index < -0.39 is 29.7 Å². The highest BCUT2D eigenvalue weighted by molar-refractivity contribution is 9.11. The molecule has 12 heteroatoms. The topological polar surface area (TPSA) is 123 Å². The van der Waals surface area contributed by atoms with Crippen molar-refractivity contribution in [3.05, 3.63) is 55.2 Å². The maximum atomic E-state index is 12.7. The summed E-state index contributed by atoms with van der Waals surface area (Å²) in [4.78, 5) is 48.4. The van der Waals surface area contributed by atoms with Crippen molar-refractivity contribution in [1.82, 2.24) is 4.90 Å². The molecule has 1 aliphatic heterocycles. The molecule has 0 spiro atoms. The fourth-order valence-electron chi connectivity index (χ4n) is 2.55. The van der Waals surface area contributed by atoms with E-state index in [9.17, 15) is 19.2 Å². The number of hydrogen-bond acceptors (Lipinski definition) is 8. The Balaban J connectivity index is 1.77. The minimum atomic E-state index is -1.12. The summed E-state index contributed by atoms with van der Waals surface area (Å²) in [6.07, 6.45) is 1.53. The molecule has 31 heavy (non-hydrogen) atoms.